The summed E-state index contributed by atoms with van der Waals surface area (Å²) in [6, 6.07) is 7.84. The zero-order valence-corrected chi connectivity index (χ0v) is 10.3. The molecule has 0 unspecified atom stereocenters. The van der Waals surface area contributed by atoms with Crippen LogP contribution in [0.2, 0.25) is 0 Å². The molecule has 0 atom stereocenters. The lowest BCUT2D eigenvalue weighted by Gasteiger charge is -2.18. The molecule has 0 radical (unpaired) electrons. The Morgan fingerprint density at radius 1 is 1.31 bits per heavy atom. The number of rotatable bonds is 6. The number of benzene rings is 1. The van der Waals surface area contributed by atoms with Gasteiger partial charge in [-0.15, -0.1) is 0 Å². The molecule has 3 heteroatoms. The summed E-state index contributed by atoms with van der Waals surface area (Å²) in [4.78, 5) is 0. The zero-order valence-electron chi connectivity index (χ0n) is 10.3. The van der Waals surface area contributed by atoms with E-state index < -0.39 is 5.60 Å². The first-order valence-corrected chi connectivity index (χ1v) is 5.71. The zero-order chi connectivity index (χ0) is 12.0. The molecule has 0 amide bonds. The molecule has 2 N–H and O–H groups in total. The van der Waals surface area contributed by atoms with Crippen molar-refractivity contribution >= 4 is 5.69 Å². The van der Waals surface area contributed by atoms with Gasteiger partial charge in [0.2, 0.25) is 0 Å². The van der Waals surface area contributed by atoms with Gasteiger partial charge in [0.15, 0.2) is 0 Å². The Kier molecular flexibility index (Phi) is 4.62. The molecule has 0 heterocycles. The molecule has 3 nitrogen and oxygen atoms in total. The highest BCUT2D eigenvalue weighted by molar-refractivity contribution is 5.56. The molecule has 0 fully saturated rings. The van der Waals surface area contributed by atoms with E-state index in [2.05, 4.69) is 5.32 Å². The molecular formula is C13H21NO2. The largest absolute Gasteiger partial charge is 0.492 e. The molecule has 1 aromatic carbocycles. The fourth-order valence-corrected chi connectivity index (χ4v) is 1.40. The fourth-order valence-electron chi connectivity index (χ4n) is 1.40. The average molecular weight is 223 g/mol. The van der Waals surface area contributed by atoms with Gasteiger partial charge in [0.05, 0.1) is 17.9 Å². The third-order valence-electron chi connectivity index (χ3n) is 2.24. The Morgan fingerprint density at radius 3 is 2.62 bits per heavy atom. The number of hydrogen-bond donors (Lipinski definition) is 2. The lowest BCUT2D eigenvalue weighted by molar-refractivity contribution is 0.0748. The maximum atomic E-state index is 9.60. The summed E-state index contributed by atoms with van der Waals surface area (Å²) in [7, 11) is 0. The maximum Gasteiger partial charge on any atom is 0.142 e. The minimum atomic E-state index is -0.631. The number of para-hydroxylation sites is 2. The molecular weight excluding hydrogens is 202 g/mol. The maximum absolute atomic E-state index is 9.60. The summed E-state index contributed by atoms with van der Waals surface area (Å²) in [6.45, 7) is 6.97. The Bertz CT molecular complexity index is 318. The van der Waals surface area contributed by atoms with Crippen LogP contribution in [0.1, 0.15) is 27.2 Å². The second kappa shape index (κ2) is 5.75. The van der Waals surface area contributed by atoms with E-state index in [1.807, 2.05) is 45.0 Å². The van der Waals surface area contributed by atoms with Crippen LogP contribution >= 0.6 is 0 Å². The number of aliphatic hydroxyl groups is 1. The van der Waals surface area contributed by atoms with Crippen LogP contribution in [0.4, 0.5) is 5.69 Å². The number of nitrogens with one attached hydrogen (secondary N) is 1. The van der Waals surface area contributed by atoms with Crippen LogP contribution in [0.25, 0.3) is 0 Å². The number of anilines is 1. The van der Waals surface area contributed by atoms with E-state index in [9.17, 15) is 5.11 Å². The summed E-state index contributed by atoms with van der Waals surface area (Å²) >= 11 is 0. The molecule has 16 heavy (non-hydrogen) atoms. The minimum Gasteiger partial charge on any atom is -0.492 e. The molecule has 0 aliphatic rings. The summed E-state index contributed by atoms with van der Waals surface area (Å²) in [5, 5.41) is 12.9. The monoisotopic (exact) mass is 223 g/mol. The third-order valence-corrected chi connectivity index (χ3v) is 2.24. The van der Waals surface area contributed by atoms with Crippen LogP contribution in [0.5, 0.6) is 5.75 Å². The van der Waals surface area contributed by atoms with E-state index in [1.54, 1.807) is 0 Å². The van der Waals surface area contributed by atoms with E-state index >= 15 is 0 Å². The molecule has 0 aliphatic carbocycles. The Morgan fingerprint density at radius 2 is 2.00 bits per heavy atom. The van der Waals surface area contributed by atoms with Gasteiger partial charge in [0, 0.05) is 6.54 Å². The average Bonchev–Trinajstić information content (AvgIpc) is 2.19. The Hall–Kier alpha value is -1.22. The normalized spacial score (nSPS) is 11.2. The summed E-state index contributed by atoms with van der Waals surface area (Å²) in [5.41, 5.74) is 0.349. The summed E-state index contributed by atoms with van der Waals surface area (Å²) in [6.07, 6.45) is 0.702. The minimum absolute atomic E-state index is 0.631. The fraction of sp³-hybridized carbons (Fsp3) is 0.538. The van der Waals surface area contributed by atoms with E-state index in [0.717, 1.165) is 18.0 Å². The van der Waals surface area contributed by atoms with Crippen molar-refractivity contribution < 1.29 is 9.84 Å². The van der Waals surface area contributed by atoms with E-state index in [-0.39, 0.29) is 0 Å². The molecule has 1 rings (SSSR count). The quantitative estimate of drug-likeness (QED) is 0.779. The number of hydrogen-bond acceptors (Lipinski definition) is 3. The second-order valence-corrected chi connectivity index (χ2v) is 4.42. The lowest BCUT2D eigenvalue weighted by atomic mass is 10.1. The van der Waals surface area contributed by atoms with Gasteiger partial charge in [-0.2, -0.15) is 0 Å². The van der Waals surface area contributed by atoms with Crippen LogP contribution in [0.15, 0.2) is 24.3 Å². The van der Waals surface area contributed by atoms with Gasteiger partial charge in [0.25, 0.3) is 0 Å². The van der Waals surface area contributed by atoms with Gasteiger partial charge in [-0.3, -0.25) is 0 Å². The van der Waals surface area contributed by atoms with E-state index in [0.29, 0.717) is 13.0 Å². The number of ether oxygens (including phenoxy) is 1. The lowest BCUT2D eigenvalue weighted by Crippen LogP contribution is -2.22. The highest BCUT2D eigenvalue weighted by Gasteiger charge is 2.11. The van der Waals surface area contributed by atoms with Gasteiger partial charge in [-0.05, 0) is 39.3 Å². The molecule has 90 valence electrons. The van der Waals surface area contributed by atoms with Gasteiger partial charge >= 0.3 is 0 Å². The van der Waals surface area contributed by atoms with E-state index in [4.69, 9.17) is 4.74 Å². The molecule has 0 bridgehead atoms. The standard InChI is InChI=1S/C13H21NO2/c1-4-16-12-8-6-5-7-11(12)14-10-9-13(2,3)15/h5-8,14-15H,4,9-10H2,1-3H3. The van der Waals surface area contributed by atoms with Crippen molar-refractivity contribution in [2.75, 3.05) is 18.5 Å². The van der Waals surface area contributed by atoms with E-state index in [1.165, 1.54) is 0 Å². The van der Waals surface area contributed by atoms with Crippen LogP contribution in [-0.2, 0) is 0 Å². The molecule has 0 aliphatic heterocycles. The van der Waals surface area contributed by atoms with Crippen molar-refractivity contribution in [3.8, 4) is 5.75 Å². The van der Waals surface area contributed by atoms with Crippen LogP contribution in [-0.4, -0.2) is 23.9 Å². The van der Waals surface area contributed by atoms with Crippen molar-refractivity contribution in [3.63, 3.8) is 0 Å². The van der Waals surface area contributed by atoms with Crippen molar-refractivity contribution in [2.45, 2.75) is 32.8 Å². The molecule has 0 spiro atoms. The molecule has 0 saturated heterocycles. The van der Waals surface area contributed by atoms with Crippen molar-refractivity contribution in [1.29, 1.82) is 0 Å². The van der Waals surface area contributed by atoms with Gasteiger partial charge in [-0.25, -0.2) is 0 Å². The smallest absolute Gasteiger partial charge is 0.142 e. The highest BCUT2D eigenvalue weighted by Crippen LogP contribution is 2.23. The van der Waals surface area contributed by atoms with Gasteiger partial charge in [-0.1, -0.05) is 12.1 Å². The predicted octanol–water partition coefficient (Wildman–Crippen LogP) is 2.66. The molecule has 1 aromatic rings. The first-order valence-electron chi connectivity index (χ1n) is 5.71. The van der Waals surface area contributed by atoms with Crippen LogP contribution in [0, 0.1) is 0 Å². The first-order chi connectivity index (χ1) is 7.53. The molecule has 0 saturated carbocycles. The van der Waals surface area contributed by atoms with Gasteiger partial charge in [0.1, 0.15) is 5.75 Å². The Labute approximate surface area is 97.4 Å². The summed E-state index contributed by atoms with van der Waals surface area (Å²) in [5.74, 6) is 0.862. The Balaban J connectivity index is 2.52. The van der Waals surface area contributed by atoms with Crippen LogP contribution in [0.3, 0.4) is 0 Å². The molecule has 0 aromatic heterocycles. The second-order valence-electron chi connectivity index (χ2n) is 4.42. The third kappa shape index (κ3) is 4.53. The topological polar surface area (TPSA) is 41.5 Å². The van der Waals surface area contributed by atoms with Crippen molar-refractivity contribution in [2.24, 2.45) is 0 Å². The SMILES string of the molecule is CCOc1ccccc1NCCC(C)(C)O. The predicted molar refractivity (Wildman–Crippen MR) is 67.0 cm³/mol. The first kappa shape index (κ1) is 12.8. The van der Waals surface area contributed by atoms with Crippen LogP contribution < -0.4 is 10.1 Å². The summed E-state index contributed by atoms with van der Waals surface area (Å²) < 4.78 is 5.49. The van der Waals surface area contributed by atoms with Gasteiger partial charge < -0.3 is 15.2 Å². The highest BCUT2D eigenvalue weighted by atomic mass is 16.5. The van der Waals surface area contributed by atoms with Crippen molar-refractivity contribution in [1.82, 2.24) is 0 Å². The van der Waals surface area contributed by atoms with Crippen molar-refractivity contribution in [3.05, 3.63) is 24.3 Å².